The molecule has 0 atom stereocenters. The second-order valence-electron chi connectivity index (χ2n) is 4.73. The first-order chi connectivity index (χ1) is 8.59. The van der Waals surface area contributed by atoms with Gasteiger partial charge < -0.3 is 10.1 Å². The molecule has 1 aromatic carbocycles. The minimum atomic E-state index is 0.600. The van der Waals surface area contributed by atoms with Gasteiger partial charge in [0, 0.05) is 29.8 Å². The summed E-state index contributed by atoms with van der Waals surface area (Å²) in [7, 11) is 0. The van der Waals surface area contributed by atoms with E-state index in [1.54, 1.807) is 6.07 Å². The molecule has 102 valence electrons. The summed E-state index contributed by atoms with van der Waals surface area (Å²) >= 11 is 12.0. The summed E-state index contributed by atoms with van der Waals surface area (Å²) in [6, 6.07) is 5.52. The number of nitrogens with one attached hydrogen (secondary N) is 1. The topological polar surface area (TPSA) is 21.3 Å². The van der Waals surface area contributed by atoms with Crippen LogP contribution >= 0.6 is 23.2 Å². The van der Waals surface area contributed by atoms with Gasteiger partial charge in [-0.15, -0.1) is 0 Å². The average Bonchev–Trinajstić information content (AvgIpc) is 2.32. The Bertz CT molecular complexity index is 356. The molecule has 1 aromatic rings. The Hall–Kier alpha value is -0.280. The molecule has 0 unspecified atom stereocenters. The number of hydrogen-bond donors (Lipinski definition) is 1. The van der Waals surface area contributed by atoms with Gasteiger partial charge in [-0.2, -0.15) is 0 Å². The van der Waals surface area contributed by atoms with E-state index in [9.17, 15) is 0 Å². The lowest BCUT2D eigenvalue weighted by atomic mass is 10.2. The average molecular weight is 290 g/mol. The maximum Gasteiger partial charge on any atom is 0.0489 e. The molecule has 0 amide bonds. The van der Waals surface area contributed by atoms with Crippen molar-refractivity contribution in [2.75, 3.05) is 19.8 Å². The van der Waals surface area contributed by atoms with Crippen molar-refractivity contribution in [1.82, 2.24) is 5.32 Å². The zero-order valence-electron chi connectivity index (χ0n) is 11.0. The Labute approximate surface area is 120 Å². The van der Waals surface area contributed by atoms with E-state index < -0.39 is 0 Å². The highest BCUT2D eigenvalue weighted by molar-refractivity contribution is 6.33. The van der Waals surface area contributed by atoms with E-state index in [2.05, 4.69) is 19.2 Å². The number of halogens is 2. The molecule has 0 aromatic heterocycles. The van der Waals surface area contributed by atoms with Crippen LogP contribution in [0.5, 0.6) is 0 Å². The third-order valence-electron chi connectivity index (χ3n) is 2.42. The first-order valence-electron chi connectivity index (χ1n) is 6.32. The van der Waals surface area contributed by atoms with E-state index in [4.69, 9.17) is 27.9 Å². The van der Waals surface area contributed by atoms with Crippen molar-refractivity contribution in [3.05, 3.63) is 33.8 Å². The van der Waals surface area contributed by atoms with Gasteiger partial charge >= 0.3 is 0 Å². The van der Waals surface area contributed by atoms with E-state index in [1.807, 2.05) is 12.1 Å². The summed E-state index contributed by atoms with van der Waals surface area (Å²) in [5.41, 5.74) is 1.03. The van der Waals surface area contributed by atoms with Crippen LogP contribution in [0.2, 0.25) is 10.0 Å². The van der Waals surface area contributed by atoms with Crippen molar-refractivity contribution in [2.24, 2.45) is 5.92 Å². The quantitative estimate of drug-likeness (QED) is 0.726. The molecule has 2 nitrogen and oxygen atoms in total. The molecule has 1 rings (SSSR count). The Kier molecular flexibility index (Phi) is 7.68. The monoisotopic (exact) mass is 289 g/mol. The molecule has 0 spiro atoms. The van der Waals surface area contributed by atoms with E-state index in [-0.39, 0.29) is 0 Å². The minimum Gasteiger partial charge on any atom is -0.381 e. The van der Waals surface area contributed by atoms with Gasteiger partial charge in [0.25, 0.3) is 0 Å². The summed E-state index contributed by atoms with van der Waals surface area (Å²) in [6.45, 7) is 7.60. The van der Waals surface area contributed by atoms with E-state index in [1.165, 1.54) is 0 Å². The number of hydrogen-bond acceptors (Lipinski definition) is 2. The van der Waals surface area contributed by atoms with Crippen molar-refractivity contribution >= 4 is 23.2 Å². The van der Waals surface area contributed by atoms with Gasteiger partial charge in [-0.3, -0.25) is 0 Å². The number of ether oxygens (including phenoxy) is 1. The van der Waals surface area contributed by atoms with Crippen LogP contribution in [0.15, 0.2) is 18.2 Å². The van der Waals surface area contributed by atoms with Gasteiger partial charge in [-0.25, -0.2) is 0 Å². The zero-order valence-corrected chi connectivity index (χ0v) is 12.5. The molecule has 0 bridgehead atoms. The highest BCUT2D eigenvalue weighted by atomic mass is 35.5. The summed E-state index contributed by atoms with van der Waals surface area (Å²) in [6.07, 6.45) is 1.00. The van der Waals surface area contributed by atoms with Crippen LogP contribution < -0.4 is 5.32 Å². The van der Waals surface area contributed by atoms with Gasteiger partial charge in [0.1, 0.15) is 0 Å². The van der Waals surface area contributed by atoms with Crippen molar-refractivity contribution < 1.29 is 4.74 Å². The first kappa shape index (κ1) is 15.8. The van der Waals surface area contributed by atoms with Crippen LogP contribution in [0, 0.1) is 5.92 Å². The largest absolute Gasteiger partial charge is 0.381 e. The predicted molar refractivity (Wildman–Crippen MR) is 78.4 cm³/mol. The Morgan fingerprint density at radius 1 is 1.28 bits per heavy atom. The van der Waals surface area contributed by atoms with Gasteiger partial charge in [0.05, 0.1) is 0 Å². The normalized spacial score (nSPS) is 11.2. The van der Waals surface area contributed by atoms with Gasteiger partial charge in [-0.1, -0.05) is 37.0 Å². The van der Waals surface area contributed by atoms with Crippen molar-refractivity contribution in [2.45, 2.75) is 26.8 Å². The van der Waals surface area contributed by atoms with E-state index >= 15 is 0 Å². The minimum absolute atomic E-state index is 0.600. The van der Waals surface area contributed by atoms with Crippen molar-refractivity contribution in [1.29, 1.82) is 0 Å². The molecule has 4 heteroatoms. The van der Waals surface area contributed by atoms with Gasteiger partial charge in [-0.05, 0) is 42.6 Å². The van der Waals surface area contributed by atoms with Crippen LogP contribution in [0.1, 0.15) is 25.8 Å². The second kappa shape index (κ2) is 8.76. The third kappa shape index (κ3) is 6.60. The van der Waals surface area contributed by atoms with Crippen LogP contribution in [-0.4, -0.2) is 19.8 Å². The van der Waals surface area contributed by atoms with E-state index in [0.717, 1.165) is 48.3 Å². The Balaban J connectivity index is 2.12. The molecule has 0 aliphatic heterocycles. The summed E-state index contributed by atoms with van der Waals surface area (Å²) in [5, 5.41) is 4.81. The molecule has 0 saturated carbocycles. The second-order valence-corrected chi connectivity index (χ2v) is 5.58. The molecule has 18 heavy (non-hydrogen) atoms. The SMILES string of the molecule is CC(C)COCCCNCc1cc(Cl)ccc1Cl. The summed E-state index contributed by atoms with van der Waals surface area (Å²) in [4.78, 5) is 0. The first-order valence-corrected chi connectivity index (χ1v) is 7.07. The lowest BCUT2D eigenvalue weighted by molar-refractivity contribution is 0.108. The fourth-order valence-electron chi connectivity index (χ4n) is 1.52. The zero-order chi connectivity index (χ0) is 13.4. The third-order valence-corrected chi connectivity index (χ3v) is 3.02. The Morgan fingerprint density at radius 3 is 2.78 bits per heavy atom. The Morgan fingerprint density at radius 2 is 2.06 bits per heavy atom. The van der Waals surface area contributed by atoms with E-state index in [0.29, 0.717) is 5.92 Å². The number of rotatable bonds is 8. The maximum absolute atomic E-state index is 6.07. The van der Waals surface area contributed by atoms with Crippen LogP contribution in [0.3, 0.4) is 0 Å². The fraction of sp³-hybridized carbons (Fsp3) is 0.571. The smallest absolute Gasteiger partial charge is 0.0489 e. The van der Waals surface area contributed by atoms with Crippen LogP contribution in [-0.2, 0) is 11.3 Å². The molecular formula is C14H21Cl2NO. The predicted octanol–water partition coefficient (Wildman–Crippen LogP) is 4.15. The van der Waals surface area contributed by atoms with Crippen LogP contribution in [0.25, 0.3) is 0 Å². The maximum atomic E-state index is 6.07. The standard InChI is InChI=1S/C14H21Cl2NO/c1-11(2)10-18-7-3-6-17-9-12-8-13(15)4-5-14(12)16/h4-5,8,11,17H,3,6-7,9-10H2,1-2H3. The molecule has 0 aliphatic carbocycles. The molecule has 1 N–H and O–H groups in total. The van der Waals surface area contributed by atoms with Crippen LogP contribution in [0.4, 0.5) is 0 Å². The van der Waals surface area contributed by atoms with Crippen molar-refractivity contribution in [3.8, 4) is 0 Å². The highest BCUT2D eigenvalue weighted by Gasteiger charge is 2.00. The van der Waals surface area contributed by atoms with Gasteiger partial charge in [0.15, 0.2) is 0 Å². The molecule has 0 saturated heterocycles. The molecule has 0 aliphatic rings. The summed E-state index contributed by atoms with van der Waals surface area (Å²) < 4.78 is 5.50. The lowest BCUT2D eigenvalue weighted by Gasteiger charge is -2.09. The molecule has 0 fully saturated rings. The fourth-order valence-corrected chi connectivity index (χ4v) is 1.90. The number of benzene rings is 1. The van der Waals surface area contributed by atoms with Crippen molar-refractivity contribution in [3.63, 3.8) is 0 Å². The van der Waals surface area contributed by atoms with Gasteiger partial charge in [0.2, 0.25) is 0 Å². The molecule has 0 heterocycles. The lowest BCUT2D eigenvalue weighted by Crippen LogP contribution is -2.17. The molecular weight excluding hydrogens is 269 g/mol. The summed E-state index contributed by atoms with van der Waals surface area (Å²) in [5.74, 6) is 0.600. The molecule has 0 radical (unpaired) electrons. The highest BCUT2D eigenvalue weighted by Crippen LogP contribution is 2.20.